The average Bonchev–Trinajstić information content (AvgIpc) is 2.85. The summed E-state index contributed by atoms with van der Waals surface area (Å²) < 4.78 is 1.26. The monoisotopic (exact) mass is 267 g/mol. The molecule has 3 nitrogen and oxygen atoms in total. The Morgan fingerprint density at radius 1 is 1.05 bits per heavy atom. The van der Waals surface area contributed by atoms with E-state index in [-0.39, 0.29) is 0 Å². The van der Waals surface area contributed by atoms with Gasteiger partial charge in [-0.05, 0) is 42.8 Å². The second kappa shape index (κ2) is 4.90. The van der Waals surface area contributed by atoms with Crippen molar-refractivity contribution in [1.29, 1.82) is 0 Å². The van der Waals surface area contributed by atoms with Gasteiger partial charge >= 0.3 is 0 Å². The van der Waals surface area contributed by atoms with Crippen molar-refractivity contribution in [3.05, 3.63) is 48.0 Å². The van der Waals surface area contributed by atoms with E-state index in [1.54, 1.807) is 18.4 Å². The maximum Gasteiger partial charge on any atom is 0.124 e. The van der Waals surface area contributed by atoms with E-state index in [1.165, 1.54) is 10.3 Å². The van der Waals surface area contributed by atoms with Crippen LogP contribution in [0.4, 0.5) is 5.69 Å². The van der Waals surface area contributed by atoms with Crippen LogP contribution in [0.15, 0.2) is 52.7 Å². The third-order valence-corrected chi connectivity index (χ3v) is 4.20. The molecule has 94 valence electrons. The van der Waals surface area contributed by atoms with E-state index >= 15 is 0 Å². The summed E-state index contributed by atoms with van der Waals surface area (Å²) in [6.45, 7) is 2.12. The summed E-state index contributed by atoms with van der Waals surface area (Å²) in [5.41, 5.74) is 4.33. The Kier molecular flexibility index (Phi) is 3.09. The quantitative estimate of drug-likeness (QED) is 0.603. The highest BCUT2D eigenvalue weighted by molar-refractivity contribution is 7.21. The lowest BCUT2D eigenvalue weighted by Crippen LogP contribution is -1.75. The van der Waals surface area contributed by atoms with Crippen molar-refractivity contribution < 1.29 is 0 Å². The standard InChI is InChI=1S/C15H13N3S/c1-10-4-3-5-13-14(10)19-15(17-13)11-6-8-12(9-7-11)18-16-2/h3-9H,1-2H3. The van der Waals surface area contributed by atoms with Gasteiger partial charge in [-0.15, -0.1) is 11.3 Å². The van der Waals surface area contributed by atoms with Crippen molar-refractivity contribution in [1.82, 2.24) is 4.98 Å². The molecule has 0 amide bonds. The van der Waals surface area contributed by atoms with Crippen LogP contribution >= 0.6 is 11.3 Å². The molecule has 1 aromatic heterocycles. The second-order valence-corrected chi connectivity index (χ2v) is 5.29. The summed E-state index contributed by atoms with van der Waals surface area (Å²) in [4.78, 5) is 4.68. The number of nitrogens with zero attached hydrogens (tertiary/aromatic N) is 3. The SMILES string of the molecule is CN=Nc1ccc(-c2nc3cccc(C)c3s2)cc1. The molecule has 0 unspecified atom stereocenters. The zero-order chi connectivity index (χ0) is 13.2. The molecule has 0 aliphatic rings. The maximum absolute atomic E-state index is 4.68. The Morgan fingerprint density at radius 3 is 2.53 bits per heavy atom. The van der Waals surface area contributed by atoms with Gasteiger partial charge in [-0.25, -0.2) is 4.98 Å². The molecule has 19 heavy (non-hydrogen) atoms. The first-order valence-electron chi connectivity index (χ1n) is 6.04. The molecule has 0 N–H and O–H groups in total. The van der Waals surface area contributed by atoms with Crippen LogP contribution in [-0.4, -0.2) is 12.0 Å². The minimum atomic E-state index is 0.864. The summed E-state index contributed by atoms with van der Waals surface area (Å²) in [6, 6.07) is 14.2. The summed E-state index contributed by atoms with van der Waals surface area (Å²) in [5, 5.41) is 8.82. The molecule has 0 bridgehead atoms. The highest BCUT2D eigenvalue weighted by Crippen LogP contribution is 2.32. The summed E-state index contributed by atoms with van der Waals surface area (Å²) >= 11 is 1.73. The van der Waals surface area contributed by atoms with Crippen molar-refractivity contribution >= 4 is 27.2 Å². The number of hydrogen-bond acceptors (Lipinski definition) is 4. The van der Waals surface area contributed by atoms with Crippen LogP contribution in [0.1, 0.15) is 5.56 Å². The van der Waals surface area contributed by atoms with Gasteiger partial charge in [-0.2, -0.15) is 10.2 Å². The molecule has 0 aliphatic heterocycles. The van der Waals surface area contributed by atoms with Crippen LogP contribution in [-0.2, 0) is 0 Å². The molecular weight excluding hydrogens is 254 g/mol. The molecule has 4 heteroatoms. The predicted octanol–water partition coefficient (Wildman–Crippen LogP) is 4.99. The first kappa shape index (κ1) is 12.0. The van der Waals surface area contributed by atoms with Crippen molar-refractivity contribution in [2.24, 2.45) is 10.2 Å². The molecule has 0 saturated carbocycles. The smallest absolute Gasteiger partial charge is 0.124 e. The van der Waals surface area contributed by atoms with Crippen LogP contribution in [0.3, 0.4) is 0 Å². The molecule has 1 heterocycles. The predicted molar refractivity (Wildman–Crippen MR) is 80.2 cm³/mol. The number of fused-ring (bicyclic) bond motifs is 1. The lowest BCUT2D eigenvalue weighted by molar-refractivity contribution is 1.17. The zero-order valence-electron chi connectivity index (χ0n) is 10.8. The van der Waals surface area contributed by atoms with Gasteiger partial charge < -0.3 is 0 Å². The number of aromatic nitrogens is 1. The van der Waals surface area contributed by atoms with E-state index in [1.807, 2.05) is 30.3 Å². The summed E-state index contributed by atoms with van der Waals surface area (Å²) in [5.74, 6) is 0. The van der Waals surface area contributed by atoms with Crippen LogP contribution in [0.5, 0.6) is 0 Å². The van der Waals surface area contributed by atoms with E-state index in [4.69, 9.17) is 0 Å². The van der Waals surface area contributed by atoms with Gasteiger partial charge in [-0.3, -0.25) is 0 Å². The van der Waals surface area contributed by atoms with E-state index in [0.29, 0.717) is 0 Å². The Hall–Kier alpha value is -2.07. The molecular formula is C15H13N3S. The lowest BCUT2D eigenvalue weighted by atomic mass is 10.2. The van der Waals surface area contributed by atoms with E-state index in [0.717, 1.165) is 21.8 Å². The first-order valence-corrected chi connectivity index (χ1v) is 6.86. The Bertz CT molecular complexity index is 742. The largest absolute Gasteiger partial charge is 0.236 e. The molecule has 0 aliphatic carbocycles. The maximum atomic E-state index is 4.68. The summed E-state index contributed by atoms with van der Waals surface area (Å²) in [7, 11) is 1.67. The normalized spacial score (nSPS) is 11.5. The van der Waals surface area contributed by atoms with Crippen LogP contribution in [0, 0.1) is 6.92 Å². The van der Waals surface area contributed by atoms with Gasteiger partial charge in [0, 0.05) is 12.6 Å². The van der Waals surface area contributed by atoms with Gasteiger partial charge in [0.1, 0.15) is 5.01 Å². The van der Waals surface area contributed by atoms with Crippen molar-refractivity contribution in [2.45, 2.75) is 6.92 Å². The highest BCUT2D eigenvalue weighted by atomic mass is 32.1. The molecule has 0 saturated heterocycles. The van der Waals surface area contributed by atoms with Crippen LogP contribution < -0.4 is 0 Å². The third kappa shape index (κ3) is 2.27. The Balaban J connectivity index is 2.06. The molecule has 2 aromatic carbocycles. The van der Waals surface area contributed by atoms with Crippen molar-refractivity contribution in [2.75, 3.05) is 7.05 Å². The van der Waals surface area contributed by atoms with Gasteiger partial charge in [0.05, 0.1) is 15.9 Å². The Morgan fingerprint density at radius 2 is 1.84 bits per heavy atom. The second-order valence-electron chi connectivity index (χ2n) is 4.29. The van der Waals surface area contributed by atoms with Gasteiger partial charge in [0.15, 0.2) is 0 Å². The third-order valence-electron chi connectivity index (χ3n) is 2.94. The average molecular weight is 267 g/mol. The number of benzene rings is 2. The van der Waals surface area contributed by atoms with E-state index < -0.39 is 0 Å². The van der Waals surface area contributed by atoms with Crippen LogP contribution in [0.25, 0.3) is 20.8 Å². The fraction of sp³-hybridized carbons (Fsp3) is 0.133. The van der Waals surface area contributed by atoms with Gasteiger partial charge in [0.2, 0.25) is 0 Å². The fourth-order valence-corrected chi connectivity index (χ4v) is 3.03. The molecule has 3 rings (SSSR count). The Labute approximate surface area is 115 Å². The minimum Gasteiger partial charge on any atom is -0.236 e. The number of rotatable bonds is 2. The fourth-order valence-electron chi connectivity index (χ4n) is 2.00. The van der Waals surface area contributed by atoms with Crippen molar-refractivity contribution in [3.63, 3.8) is 0 Å². The molecule has 0 spiro atoms. The topological polar surface area (TPSA) is 37.6 Å². The van der Waals surface area contributed by atoms with Gasteiger partial charge in [0.25, 0.3) is 0 Å². The van der Waals surface area contributed by atoms with Crippen molar-refractivity contribution in [3.8, 4) is 10.6 Å². The number of hydrogen-bond donors (Lipinski definition) is 0. The number of azo groups is 1. The number of aryl methyl sites for hydroxylation is 1. The first-order chi connectivity index (χ1) is 9.28. The van der Waals surface area contributed by atoms with E-state index in [9.17, 15) is 0 Å². The molecule has 0 fully saturated rings. The highest BCUT2D eigenvalue weighted by Gasteiger charge is 2.07. The van der Waals surface area contributed by atoms with Gasteiger partial charge in [-0.1, -0.05) is 12.1 Å². The lowest BCUT2D eigenvalue weighted by Gasteiger charge is -1.96. The van der Waals surface area contributed by atoms with E-state index in [2.05, 4.69) is 34.3 Å². The number of thiazole rings is 1. The van der Waals surface area contributed by atoms with Crippen LogP contribution in [0.2, 0.25) is 0 Å². The molecule has 0 radical (unpaired) electrons. The minimum absolute atomic E-state index is 0.864. The zero-order valence-corrected chi connectivity index (χ0v) is 11.6. The molecule has 3 aromatic rings. The molecule has 0 atom stereocenters. The summed E-state index contributed by atoms with van der Waals surface area (Å²) in [6.07, 6.45) is 0.